The van der Waals surface area contributed by atoms with E-state index < -0.39 is 5.54 Å². The van der Waals surface area contributed by atoms with Gasteiger partial charge in [-0.15, -0.1) is 0 Å². The third-order valence-electron chi connectivity index (χ3n) is 2.47. The summed E-state index contributed by atoms with van der Waals surface area (Å²) in [7, 11) is 1.39. The Balaban J connectivity index is 2.41. The quantitative estimate of drug-likeness (QED) is 0.563. The fraction of sp³-hybridized carbons (Fsp3) is 0.875. The maximum absolute atomic E-state index is 10.9. The molecule has 0 aromatic heterocycles. The molecule has 0 aliphatic carbocycles. The highest BCUT2D eigenvalue weighted by molar-refractivity contribution is 5.70. The van der Waals surface area contributed by atoms with E-state index in [1.807, 2.05) is 6.92 Å². The Kier molecular flexibility index (Phi) is 2.69. The molecule has 1 atom stereocenters. The van der Waals surface area contributed by atoms with E-state index in [0.29, 0.717) is 12.3 Å². The second kappa shape index (κ2) is 3.41. The van der Waals surface area contributed by atoms with Gasteiger partial charge in [0, 0.05) is 24.5 Å². The zero-order chi connectivity index (χ0) is 9.19. The molecular weight excluding hydrogens is 156 g/mol. The second-order valence-electron chi connectivity index (χ2n) is 3.61. The summed E-state index contributed by atoms with van der Waals surface area (Å²) in [6, 6.07) is 0. The Morgan fingerprint density at radius 1 is 1.75 bits per heavy atom. The van der Waals surface area contributed by atoms with Gasteiger partial charge in [0.15, 0.2) is 0 Å². The van der Waals surface area contributed by atoms with Gasteiger partial charge >= 0.3 is 5.97 Å². The number of nitrogens with two attached hydrogens (primary N) is 1. The van der Waals surface area contributed by atoms with Crippen molar-refractivity contribution in [2.75, 3.05) is 20.2 Å². The molecule has 1 saturated heterocycles. The molecule has 0 radical (unpaired) electrons. The first-order chi connectivity index (χ1) is 5.56. The molecule has 1 heterocycles. The van der Waals surface area contributed by atoms with E-state index in [9.17, 15) is 4.79 Å². The summed E-state index contributed by atoms with van der Waals surface area (Å²) in [6.07, 6.45) is 0.301. The third-order valence-corrected chi connectivity index (χ3v) is 2.47. The van der Waals surface area contributed by atoms with Crippen molar-refractivity contribution in [3.63, 3.8) is 0 Å². The molecule has 1 aliphatic rings. The lowest BCUT2D eigenvalue weighted by Gasteiger charge is -2.40. The summed E-state index contributed by atoms with van der Waals surface area (Å²) >= 11 is 0. The molecule has 0 bridgehead atoms. The van der Waals surface area contributed by atoms with Crippen LogP contribution in [-0.2, 0) is 9.53 Å². The van der Waals surface area contributed by atoms with Crippen LogP contribution in [0.15, 0.2) is 0 Å². The molecule has 70 valence electrons. The fourth-order valence-electron chi connectivity index (χ4n) is 1.28. The van der Waals surface area contributed by atoms with Crippen LogP contribution in [0.1, 0.15) is 13.3 Å². The van der Waals surface area contributed by atoms with Crippen molar-refractivity contribution >= 4 is 5.97 Å². The van der Waals surface area contributed by atoms with Crippen molar-refractivity contribution in [3.05, 3.63) is 0 Å². The maximum atomic E-state index is 10.9. The summed E-state index contributed by atoms with van der Waals surface area (Å²) in [5.41, 5.74) is 5.54. The third kappa shape index (κ3) is 1.95. The molecule has 12 heavy (non-hydrogen) atoms. The average Bonchev–Trinajstić information content (AvgIpc) is 1.80. The number of carbonyl (C=O) groups excluding carboxylic acids is 1. The van der Waals surface area contributed by atoms with Gasteiger partial charge in [-0.3, -0.25) is 4.79 Å². The minimum Gasteiger partial charge on any atom is -0.469 e. The van der Waals surface area contributed by atoms with Crippen molar-refractivity contribution in [3.8, 4) is 0 Å². The van der Waals surface area contributed by atoms with Crippen molar-refractivity contribution < 1.29 is 9.53 Å². The van der Waals surface area contributed by atoms with Crippen LogP contribution < -0.4 is 11.1 Å². The number of ether oxygens (including phenoxy) is 1. The number of methoxy groups -OCH3 is 1. The molecular formula is C8H16N2O2. The predicted molar refractivity (Wildman–Crippen MR) is 45.6 cm³/mol. The minimum atomic E-state index is -0.418. The highest BCUT2D eigenvalue weighted by Crippen LogP contribution is 2.22. The van der Waals surface area contributed by atoms with Crippen LogP contribution in [0, 0.1) is 5.92 Å². The van der Waals surface area contributed by atoms with Crippen LogP contribution >= 0.6 is 0 Å². The highest BCUT2D eigenvalue weighted by Gasteiger charge is 2.36. The molecule has 1 aliphatic heterocycles. The molecule has 0 spiro atoms. The number of hydrogen-bond donors (Lipinski definition) is 2. The van der Waals surface area contributed by atoms with Crippen molar-refractivity contribution in [1.29, 1.82) is 0 Å². The summed E-state index contributed by atoms with van der Waals surface area (Å²) < 4.78 is 4.57. The molecule has 0 aromatic rings. The lowest BCUT2D eigenvalue weighted by molar-refractivity contribution is -0.142. The van der Waals surface area contributed by atoms with Crippen LogP contribution in [0.25, 0.3) is 0 Å². The van der Waals surface area contributed by atoms with Crippen LogP contribution in [-0.4, -0.2) is 31.7 Å². The van der Waals surface area contributed by atoms with Gasteiger partial charge in [0.1, 0.15) is 0 Å². The van der Waals surface area contributed by atoms with Gasteiger partial charge in [-0.25, -0.2) is 0 Å². The Bertz CT molecular complexity index is 176. The molecule has 0 saturated carbocycles. The largest absolute Gasteiger partial charge is 0.469 e. The topological polar surface area (TPSA) is 64.3 Å². The van der Waals surface area contributed by atoms with Crippen molar-refractivity contribution in [2.45, 2.75) is 18.9 Å². The van der Waals surface area contributed by atoms with Gasteiger partial charge in [0.05, 0.1) is 13.5 Å². The van der Waals surface area contributed by atoms with Gasteiger partial charge in [0.2, 0.25) is 0 Å². The zero-order valence-electron chi connectivity index (χ0n) is 7.59. The van der Waals surface area contributed by atoms with Gasteiger partial charge in [-0.2, -0.15) is 0 Å². The summed E-state index contributed by atoms with van der Waals surface area (Å²) in [5, 5.41) is 3.13. The molecule has 0 aromatic carbocycles. The molecule has 1 rings (SSSR count). The van der Waals surface area contributed by atoms with Crippen LogP contribution in [0.3, 0.4) is 0 Å². The molecule has 1 fully saturated rings. The molecule has 4 heteroatoms. The first-order valence-corrected chi connectivity index (χ1v) is 4.12. The van der Waals surface area contributed by atoms with Crippen molar-refractivity contribution in [2.24, 2.45) is 11.7 Å². The number of hydrogen-bond acceptors (Lipinski definition) is 4. The monoisotopic (exact) mass is 172 g/mol. The molecule has 1 unspecified atom stereocenters. The van der Waals surface area contributed by atoms with Gasteiger partial charge in [-0.1, -0.05) is 0 Å². The zero-order valence-corrected chi connectivity index (χ0v) is 7.59. The fourth-order valence-corrected chi connectivity index (χ4v) is 1.28. The van der Waals surface area contributed by atoms with E-state index in [4.69, 9.17) is 5.73 Å². The van der Waals surface area contributed by atoms with Crippen LogP contribution in [0.5, 0.6) is 0 Å². The number of rotatable bonds is 3. The van der Waals surface area contributed by atoms with E-state index in [2.05, 4.69) is 10.1 Å². The SMILES string of the molecule is COC(=O)CC(C)(N)C1CNC1. The second-order valence-corrected chi connectivity index (χ2v) is 3.61. The smallest absolute Gasteiger partial charge is 0.307 e. The van der Waals surface area contributed by atoms with Gasteiger partial charge in [0.25, 0.3) is 0 Å². The van der Waals surface area contributed by atoms with Crippen LogP contribution in [0.4, 0.5) is 0 Å². The predicted octanol–water partition coefficient (Wildman–Crippen LogP) is -0.514. The molecule has 0 amide bonds. The van der Waals surface area contributed by atoms with Crippen LogP contribution in [0.2, 0.25) is 0 Å². The number of nitrogens with one attached hydrogen (secondary N) is 1. The average molecular weight is 172 g/mol. The van der Waals surface area contributed by atoms with E-state index >= 15 is 0 Å². The van der Waals surface area contributed by atoms with E-state index in [-0.39, 0.29) is 5.97 Å². The summed E-state index contributed by atoms with van der Waals surface area (Å²) in [4.78, 5) is 10.9. The maximum Gasteiger partial charge on any atom is 0.307 e. The standard InChI is InChI=1S/C8H16N2O2/c1-8(9,3-7(11)12-2)6-4-10-5-6/h6,10H,3-5,9H2,1-2H3. The molecule has 3 N–H and O–H groups in total. The Morgan fingerprint density at radius 2 is 2.33 bits per heavy atom. The lowest BCUT2D eigenvalue weighted by atomic mass is 9.80. The number of carbonyl (C=O) groups is 1. The van der Waals surface area contributed by atoms with E-state index in [1.54, 1.807) is 0 Å². The summed E-state index contributed by atoms with van der Waals surface area (Å²) in [5.74, 6) is 0.170. The van der Waals surface area contributed by atoms with Gasteiger partial charge < -0.3 is 15.8 Å². The van der Waals surface area contributed by atoms with E-state index in [1.165, 1.54) is 7.11 Å². The van der Waals surface area contributed by atoms with Gasteiger partial charge in [-0.05, 0) is 6.92 Å². The lowest BCUT2D eigenvalue weighted by Crippen LogP contribution is -2.59. The minimum absolute atomic E-state index is 0.230. The normalized spacial score (nSPS) is 22.6. The Morgan fingerprint density at radius 3 is 2.67 bits per heavy atom. The highest BCUT2D eigenvalue weighted by atomic mass is 16.5. The summed E-state index contributed by atoms with van der Waals surface area (Å²) in [6.45, 7) is 3.71. The van der Waals surface area contributed by atoms with Crippen molar-refractivity contribution in [1.82, 2.24) is 5.32 Å². The first-order valence-electron chi connectivity index (χ1n) is 4.12. The first kappa shape index (κ1) is 9.48. The molecule has 4 nitrogen and oxygen atoms in total. The van der Waals surface area contributed by atoms with E-state index in [0.717, 1.165) is 13.1 Å². The number of esters is 1. The Labute approximate surface area is 72.5 Å². The Hall–Kier alpha value is -0.610.